The van der Waals surface area contributed by atoms with E-state index in [1.165, 1.54) is 6.07 Å². The minimum absolute atomic E-state index is 0.206. The van der Waals surface area contributed by atoms with Crippen LogP contribution in [0.5, 0.6) is 0 Å². The van der Waals surface area contributed by atoms with Crippen molar-refractivity contribution in [1.29, 1.82) is 10.5 Å². The van der Waals surface area contributed by atoms with Gasteiger partial charge in [0.25, 0.3) is 0 Å². The molecule has 386 valence electrons. The fourth-order valence-corrected chi connectivity index (χ4v) is 10.9. The Morgan fingerprint density at radius 3 is 1.07 bits per heavy atom. The molecule has 4 aromatic heterocycles. The maximum atomic E-state index is 14.5. The molecule has 82 heavy (non-hydrogen) atoms. The number of hydrogen-bond donors (Lipinski definition) is 0. The molecule has 0 N–H and O–H groups in total. The lowest BCUT2D eigenvalue weighted by molar-refractivity contribution is -0.137. The fraction of sp³-hybridized carbons (Fsp3) is 0.0145. The zero-order valence-corrected chi connectivity index (χ0v) is 43.1. The van der Waals surface area contributed by atoms with E-state index in [1.54, 1.807) is 6.07 Å². The summed E-state index contributed by atoms with van der Waals surface area (Å²) in [5, 5.41) is 25.9. The van der Waals surface area contributed by atoms with Gasteiger partial charge >= 0.3 is 6.18 Å². The van der Waals surface area contributed by atoms with Gasteiger partial charge in [-0.1, -0.05) is 188 Å². The SMILES string of the molecule is N#Cc1cc(C(F)(F)F)ccc1-c1cc(-n2c3ccccc3c3ccc(-c4nc(-c5ccccc5)nc(-c5ccccc5)n4)cc32)c(C#N)cc1-n1c2ccccc2c2ccc(-c3nc(-c4ccccc4)nc(-c4ccccc4)n3)cc21. The highest BCUT2D eigenvalue weighted by Gasteiger charge is 2.32. The van der Waals surface area contributed by atoms with Gasteiger partial charge < -0.3 is 9.13 Å². The van der Waals surface area contributed by atoms with E-state index < -0.39 is 11.7 Å². The second-order valence-electron chi connectivity index (χ2n) is 19.6. The van der Waals surface area contributed by atoms with Gasteiger partial charge in [0, 0.05) is 66.1 Å². The summed E-state index contributed by atoms with van der Waals surface area (Å²) in [5.74, 6) is 2.76. The summed E-state index contributed by atoms with van der Waals surface area (Å²) in [6.45, 7) is 0. The maximum Gasteiger partial charge on any atom is 0.416 e. The van der Waals surface area contributed by atoms with E-state index in [-0.39, 0.29) is 16.7 Å². The van der Waals surface area contributed by atoms with E-state index in [2.05, 4.69) is 12.1 Å². The Bertz CT molecular complexity index is 4810. The molecule has 0 saturated heterocycles. The molecule has 0 radical (unpaired) electrons. The van der Waals surface area contributed by atoms with Crippen LogP contribution in [0.25, 0.3) is 134 Å². The summed E-state index contributed by atoms with van der Waals surface area (Å²) >= 11 is 0. The Hall–Kier alpha value is -11.4. The number of para-hydroxylation sites is 2. The van der Waals surface area contributed by atoms with Crippen molar-refractivity contribution in [1.82, 2.24) is 39.0 Å². The normalized spacial score (nSPS) is 11.6. The second-order valence-corrected chi connectivity index (χ2v) is 19.6. The molecule has 0 bridgehead atoms. The van der Waals surface area contributed by atoms with Crippen molar-refractivity contribution in [2.24, 2.45) is 0 Å². The Labute approximate surface area is 466 Å². The summed E-state index contributed by atoms with van der Waals surface area (Å²) in [6, 6.07) is 77.7. The number of rotatable bonds is 9. The number of nitriles is 2. The zero-order chi connectivity index (χ0) is 55.5. The predicted octanol–water partition coefficient (Wildman–Crippen LogP) is 16.7. The van der Waals surface area contributed by atoms with Crippen LogP contribution in [0.1, 0.15) is 16.7 Å². The van der Waals surface area contributed by atoms with E-state index in [1.807, 2.05) is 221 Å². The van der Waals surface area contributed by atoms with Crippen molar-refractivity contribution in [2.75, 3.05) is 0 Å². The minimum Gasteiger partial charge on any atom is -0.309 e. The van der Waals surface area contributed by atoms with Gasteiger partial charge in [-0.3, -0.25) is 0 Å². The first-order valence-electron chi connectivity index (χ1n) is 26.2. The summed E-state index contributed by atoms with van der Waals surface area (Å²) < 4.78 is 47.6. The Morgan fingerprint density at radius 1 is 0.305 bits per heavy atom. The Morgan fingerprint density at radius 2 is 0.671 bits per heavy atom. The molecular weight excluding hydrogens is 1030 g/mol. The highest BCUT2D eigenvalue weighted by atomic mass is 19.4. The average molecular weight is 1070 g/mol. The zero-order valence-electron chi connectivity index (χ0n) is 43.1. The second kappa shape index (κ2) is 19.8. The van der Waals surface area contributed by atoms with E-state index in [0.717, 1.165) is 67.0 Å². The molecular formula is C69H39F3N10. The van der Waals surface area contributed by atoms with Crippen LogP contribution in [-0.4, -0.2) is 39.0 Å². The van der Waals surface area contributed by atoms with Crippen LogP contribution in [0.15, 0.2) is 237 Å². The number of hydrogen-bond acceptors (Lipinski definition) is 8. The third kappa shape index (κ3) is 8.54. The Balaban J connectivity index is 1.03. The van der Waals surface area contributed by atoms with Crippen molar-refractivity contribution < 1.29 is 13.2 Å². The third-order valence-corrected chi connectivity index (χ3v) is 14.7. The molecule has 0 amide bonds. The van der Waals surface area contributed by atoms with Crippen molar-refractivity contribution in [3.63, 3.8) is 0 Å². The summed E-state index contributed by atoms with van der Waals surface area (Å²) in [4.78, 5) is 30.0. The van der Waals surface area contributed by atoms with Crippen LogP contribution in [0.3, 0.4) is 0 Å². The van der Waals surface area contributed by atoms with Gasteiger partial charge in [0.2, 0.25) is 0 Å². The van der Waals surface area contributed by atoms with Crippen molar-refractivity contribution in [3.05, 3.63) is 253 Å². The molecule has 0 aliphatic rings. The van der Waals surface area contributed by atoms with Crippen LogP contribution in [0, 0.1) is 22.7 Å². The largest absolute Gasteiger partial charge is 0.416 e. The molecule has 0 aliphatic carbocycles. The molecule has 10 aromatic carbocycles. The average Bonchev–Trinajstić information content (AvgIpc) is 2.58. The van der Waals surface area contributed by atoms with Crippen LogP contribution < -0.4 is 0 Å². The quantitative estimate of drug-likeness (QED) is 0.139. The lowest BCUT2D eigenvalue weighted by Crippen LogP contribution is -2.07. The van der Waals surface area contributed by atoms with Gasteiger partial charge in [0.1, 0.15) is 6.07 Å². The molecule has 0 atom stereocenters. The van der Waals surface area contributed by atoms with E-state index >= 15 is 0 Å². The van der Waals surface area contributed by atoms with Gasteiger partial charge in [-0.25, -0.2) is 29.9 Å². The van der Waals surface area contributed by atoms with Crippen LogP contribution in [0.2, 0.25) is 0 Å². The molecule has 4 heterocycles. The summed E-state index contributed by atoms with van der Waals surface area (Å²) in [7, 11) is 0. The standard InChI is InChI=1S/C69H39F3N10/c70-69(71,72)50-31-34-51(48(35-50)40-73)56-39-59(81-57-27-15-13-25-52(57)54-32-29-46(36-60(54)81)67-77-63(42-17-5-1-6-18-42)75-64(78-67)43-19-7-2-8-20-43)49(41-74)38-62(56)82-58-28-16-14-26-53(58)55-33-30-47(37-61(55)82)68-79-65(44-21-9-3-10-22-44)76-66(80-68)45-23-11-4-12-24-45/h1-39H. The number of halogens is 3. The van der Waals surface area contributed by atoms with Gasteiger partial charge in [-0.15, -0.1) is 0 Å². The predicted molar refractivity (Wildman–Crippen MR) is 314 cm³/mol. The maximum absolute atomic E-state index is 14.5. The number of aromatic nitrogens is 8. The highest BCUT2D eigenvalue weighted by Crippen LogP contribution is 2.44. The van der Waals surface area contributed by atoms with Gasteiger partial charge in [-0.2, -0.15) is 23.7 Å². The van der Waals surface area contributed by atoms with Crippen molar-refractivity contribution in [3.8, 4) is 103 Å². The molecule has 0 fully saturated rings. The number of fused-ring (bicyclic) bond motifs is 6. The molecule has 13 heteroatoms. The molecule has 14 aromatic rings. The summed E-state index contributed by atoms with van der Waals surface area (Å²) in [5.41, 5.74) is 8.00. The molecule has 0 saturated carbocycles. The lowest BCUT2D eigenvalue weighted by Gasteiger charge is -2.20. The first-order chi connectivity index (χ1) is 40.2. The van der Waals surface area contributed by atoms with Gasteiger partial charge in [-0.05, 0) is 48.5 Å². The number of alkyl halides is 3. The molecule has 10 nitrogen and oxygen atoms in total. The van der Waals surface area contributed by atoms with Crippen molar-refractivity contribution >= 4 is 43.6 Å². The van der Waals surface area contributed by atoms with Gasteiger partial charge in [0.15, 0.2) is 34.9 Å². The summed E-state index contributed by atoms with van der Waals surface area (Å²) in [6.07, 6.45) is -4.73. The molecule has 0 aliphatic heterocycles. The van der Waals surface area contributed by atoms with E-state index in [4.69, 9.17) is 29.9 Å². The third-order valence-electron chi connectivity index (χ3n) is 14.7. The van der Waals surface area contributed by atoms with Crippen LogP contribution >= 0.6 is 0 Å². The Kier molecular flexibility index (Phi) is 11.8. The first-order valence-corrected chi connectivity index (χ1v) is 26.2. The smallest absolute Gasteiger partial charge is 0.309 e. The number of nitrogens with zero attached hydrogens (tertiary/aromatic N) is 10. The van der Waals surface area contributed by atoms with E-state index in [9.17, 15) is 23.7 Å². The minimum atomic E-state index is -4.73. The van der Waals surface area contributed by atoms with Crippen molar-refractivity contribution in [2.45, 2.75) is 6.18 Å². The molecule has 0 unspecified atom stereocenters. The van der Waals surface area contributed by atoms with Crippen LogP contribution in [-0.2, 0) is 6.18 Å². The monoisotopic (exact) mass is 1060 g/mol. The highest BCUT2D eigenvalue weighted by molar-refractivity contribution is 6.12. The van der Waals surface area contributed by atoms with Crippen LogP contribution in [0.4, 0.5) is 13.2 Å². The number of benzene rings is 10. The first kappa shape index (κ1) is 48.9. The lowest BCUT2D eigenvalue weighted by atomic mass is 9.94. The van der Waals surface area contributed by atoms with Gasteiger partial charge in [0.05, 0.1) is 56.2 Å². The molecule has 14 rings (SSSR count). The fourth-order valence-electron chi connectivity index (χ4n) is 10.9. The molecule has 0 spiro atoms. The topological polar surface area (TPSA) is 135 Å². The van der Waals surface area contributed by atoms with E-state index in [0.29, 0.717) is 74.0 Å².